The first kappa shape index (κ1) is 18.4. The van der Waals surface area contributed by atoms with Crippen LogP contribution >= 0.6 is 0 Å². The van der Waals surface area contributed by atoms with E-state index in [2.05, 4.69) is 15.6 Å². The lowest BCUT2D eigenvalue weighted by Gasteiger charge is -2.10. The number of benzene rings is 2. The Kier molecular flexibility index (Phi) is 5.12. The molecular formula is C20H16F3N3O. The van der Waals surface area contributed by atoms with Crippen molar-refractivity contribution in [2.75, 3.05) is 10.6 Å². The first-order valence-corrected chi connectivity index (χ1v) is 8.09. The molecule has 2 N–H and O–H groups in total. The van der Waals surface area contributed by atoms with Crippen molar-refractivity contribution in [3.8, 4) is 0 Å². The van der Waals surface area contributed by atoms with Crippen molar-refractivity contribution in [2.45, 2.75) is 13.1 Å². The standard InChI is InChI=1S/C20H16F3N3O/c1-13-3-2-4-17(11-13)26-19(27)14-9-10-24-18(12-14)25-16-7-5-15(6-8-16)20(21,22)23/h2-12H,1H3,(H,24,25)(H,26,27). The second kappa shape index (κ2) is 7.49. The summed E-state index contributed by atoms with van der Waals surface area (Å²) in [7, 11) is 0. The lowest BCUT2D eigenvalue weighted by Crippen LogP contribution is -2.12. The van der Waals surface area contributed by atoms with Crippen LogP contribution in [0.2, 0.25) is 0 Å². The summed E-state index contributed by atoms with van der Waals surface area (Å²) in [5, 5.41) is 5.69. The highest BCUT2D eigenvalue weighted by Gasteiger charge is 2.29. The van der Waals surface area contributed by atoms with Gasteiger partial charge in [-0.15, -0.1) is 0 Å². The first-order chi connectivity index (χ1) is 12.8. The Morgan fingerprint density at radius 2 is 1.70 bits per heavy atom. The average molecular weight is 371 g/mol. The van der Waals surface area contributed by atoms with Gasteiger partial charge in [-0.05, 0) is 61.0 Å². The lowest BCUT2D eigenvalue weighted by molar-refractivity contribution is -0.137. The number of halogens is 3. The van der Waals surface area contributed by atoms with E-state index >= 15 is 0 Å². The number of carbonyl (C=O) groups is 1. The molecule has 0 unspecified atom stereocenters. The molecule has 4 nitrogen and oxygen atoms in total. The van der Waals surface area contributed by atoms with Gasteiger partial charge >= 0.3 is 6.18 Å². The van der Waals surface area contributed by atoms with Crippen molar-refractivity contribution < 1.29 is 18.0 Å². The molecule has 2 aromatic carbocycles. The molecule has 0 aliphatic rings. The Hall–Kier alpha value is -3.35. The number of hydrogen-bond acceptors (Lipinski definition) is 3. The van der Waals surface area contributed by atoms with Crippen molar-refractivity contribution in [1.29, 1.82) is 0 Å². The quantitative estimate of drug-likeness (QED) is 0.645. The average Bonchev–Trinajstić information content (AvgIpc) is 2.62. The molecule has 1 heterocycles. The third-order valence-electron chi connectivity index (χ3n) is 3.78. The molecular weight excluding hydrogens is 355 g/mol. The van der Waals surface area contributed by atoms with Crippen LogP contribution in [0.15, 0.2) is 66.9 Å². The van der Waals surface area contributed by atoms with Crippen LogP contribution in [0.4, 0.5) is 30.4 Å². The Balaban J connectivity index is 1.72. The summed E-state index contributed by atoms with van der Waals surface area (Å²) >= 11 is 0. The van der Waals surface area contributed by atoms with Crippen LogP contribution in [0, 0.1) is 6.92 Å². The van der Waals surface area contributed by atoms with Gasteiger partial charge in [-0.1, -0.05) is 12.1 Å². The van der Waals surface area contributed by atoms with Crippen molar-refractivity contribution in [2.24, 2.45) is 0 Å². The number of anilines is 3. The molecule has 0 fully saturated rings. The van der Waals surface area contributed by atoms with Crippen LogP contribution in [0.1, 0.15) is 21.5 Å². The predicted octanol–water partition coefficient (Wildman–Crippen LogP) is 5.40. The summed E-state index contributed by atoms with van der Waals surface area (Å²) in [6.07, 6.45) is -2.93. The topological polar surface area (TPSA) is 54.0 Å². The highest BCUT2D eigenvalue weighted by Crippen LogP contribution is 2.30. The highest BCUT2D eigenvalue weighted by atomic mass is 19.4. The molecule has 3 aromatic rings. The smallest absolute Gasteiger partial charge is 0.340 e. The second-order valence-electron chi connectivity index (χ2n) is 5.95. The monoisotopic (exact) mass is 371 g/mol. The SMILES string of the molecule is Cc1cccc(NC(=O)c2ccnc(Nc3ccc(C(F)(F)F)cc3)c2)c1. The largest absolute Gasteiger partial charge is 0.416 e. The Morgan fingerprint density at radius 1 is 0.963 bits per heavy atom. The fourth-order valence-electron chi connectivity index (χ4n) is 2.46. The number of nitrogens with one attached hydrogen (secondary N) is 2. The van der Waals surface area contributed by atoms with Gasteiger partial charge in [-0.25, -0.2) is 4.98 Å². The zero-order chi connectivity index (χ0) is 19.4. The van der Waals surface area contributed by atoms with Gasteiger partial charge in [0.1, 0.15) is 5.82 Å². The normalized spacial score (nSPS) is 11.1. The summed E-state index contributed by atoms with van der Waals surface area (Å²) < 4.78 is 37.8. The fourth-order valence-corrected chi connectivity index (χ4v) is 2.46. The Morgan fingerprint density at radius 3 is 2.37 bits per heavy atom. The van der Waals surface area contributed by atoms with Gasteiger partial charge in [0, 0.05) is 23.1 Å². The Bertz CT molecular complexity index is 953. The highest BCUT2D eigenvalue weighted by molar-refractivity contribution is 6.04. The molecule has 1 amide bonds. The summed E-state index contributed by atoms with van der Waals surface area (Å²) in [5.41, 5.74) is 1.78. The predicted molar refractivity (Wildman–Crippen MR) is 98.1 cm³/mol. The van der Waals surface area contributed by atoms with Crippen molar-refractivity contribution in [1.82, 2.24) is 4.98 Å². The molecule has 0 atom stereocenters. The number of rotatable bonds is 4. The maximum Gasteiger partial charge on any atom is 0.416 e. The van der Waals surface area contributed by atoms with Crippen LogP contribution in [-0.2, 0) is 6.18 Å². The number of aryl methyl sites for hydroxylation is 1. The van der Waals surface area contributed by atoms with Crippen LogP contribution in [-0.4, -0.2) is 10.9 Å². The van der Waals surface area contributed by atoms with Gasteiger partial charge < -0.3 is 10.6 Å². The van der Waals surface area contributed by atoms with Crippen LogP contribution < -0.4 is 10.6 Å². The zero-order valence-electron chi connectivity index (χ0n) is 14.3. The summed E-state index contributed by atoms with van der Waals surface area (Å²) in [4.78, 5) is 16.5. The molecule has 0 aliphatic heterocycles. The summed E-state index contributed by atoms with van der Waals surface area (Å²) in [6, 6.07) is 15.1. The molecule has 27 heavy (non-hydrogen) atoms. The third kappa shape index (κ3) is 4.84. The number of aromatic nitrogens is 1. The lowest BCUT2D eigenvalue weighted by atomic mass is 10.2. The van der Waals surface area contributed by atoms with E-state index in [9.17, 15) is 18.0 Å². The van der Waals surface area contributed by atoms with E-state index in [4.69, 9.17) is 0 Å². The van der Waals surface area contributed by atoms with Crippen LogP contribution in [0.5, 0.6) is 0 Å². The molecule has 7 heteroatoms. The molecule has 1 aromatic heterocycles. The van der Waals surface area contributed by atoms with Gasteiger partial charge in [0.2, 0.25) is 0 Å². The molecule has 3 rings (SSSR count). The van der Waals surface area contributed by atoms with E-state index in [0.717, 1.165) is 17.7 Å². The van der Waals surface area contributed by atoms with Crippen LogP contribution in [0.3, 0.4) is 0 Å². The zero-order valence-corrected chi connectivity index (χ0v) is 14.3. The molecule has 0 bridgehead atoms. The van der Waals surface area contributed by atoms with Crippen molar-refractivity contribution in [3.05, 3.63) is 83.6 Å². The third-order valence-corrected chi connectivity index (χ3v) is 3.78. The van der Waals surface area contributed by atoms with E-state index < -0.39 is 11.7 Å². The number of amides is 1. The fraction of sp³-hybridized carbons (Fsp3) is 0.100. The molecule has 138 valence electrons. The van der Waals surface area contributed by atoms with E-state index in [1.807, 2.05) is 25.1 Å². The van der Waals surface area contributed by atoms with Gasteiger partial charge in [0.25, 0.3) is 5.91 Å². The van der Waals surface area contributed by atoms with Crippen LogP contribution in [0.25, 0.3) is 0 Å². The molecule has 0 aliphatic carbocycles. The molecule has 0 saturated heterocycles. The Labute approximate surface area is 154 Å². The van der Waals surface area contributed by atoms with Gasteiger partial charge in [0.15, 0.2) is 0 Å². The maximum absolute atomic E-state index is 12.6. The molecule has 0 radical (unpaired) electrons. The molecule has 0 spiro atoms. The number of nitrogens with zero attached hydrogens (tertiary/aromatic N) is 1. The summed E-state index contributed by atoms with van der Waals surface area (Å²) in [5.74, 6) is 0.0464. The summed E-state index contributed by atoms with van der Waals surface area (Å²) in [6.45, 7) is 1.92. The van der Waals surface area contributed by atoms with E-state index in [1.54, 1.807) is 12.1 Å². The van der Waals surface area contributed by atoms with Crippen molar-refractivity contribution in [3.63, 3.8) is 0 Å². The van der Waals surface area contributed by atoms with Gasteiger partial charge in [-0.2, -0.15) is 13.2 Å². The molecule has 0 saturated carbocycles. The number of alkyl halides is 3. The van der Waals surface area contributed by atoms with Gasteiger partial charge in [0.05, 0.1) is 5.56 Å². The number of hydrogen-bond donors (Lipinski definition) is 2. The minimum Gasteiger partial charge on any atom is -0.340 e. The first-order valence-electron chi connectivity index (χ1n) is 8.09. The van der Waals surface area contributed by atoms with E-state index in [0.29, 0.717) is 22.8 Å². The van der Waals surface area contributed by atoms with Crippen molar-refractivity contribution >= 4 is 23.1 Å². The van der Waals surface area contributed by atoms with E-state index in [1.165, 1.54) is 24.4 Å². The maximum atomic E-state index is 12.6. The number of pyridine rings is 1. The number of carbonyl (C=O) groups excluding carboxylic acids is 1. The second-order valence-corrected chi connectivity index (χ2v) is 5.95. The minimum atomic E-state index is -4.38. The minimum absolute atomic E-state index is 0.307. The van der Waals surface area contributed by atoms with E-state index in [-0.39, 0.29) is 5.91 Å². The van der Waals surface area contributed by atoms with Gasteiger partial charge in [-0.3, -0.25) is 4.79 Å².